The van der Waals surface area contributed by atoms with Crippen LogP contribution in [0.3, 0.4) is 0 Å². The molecule has 0 aromatic carbocycles. The van der Waals surface area contributed by atoms with Crippen LogP contribution < -0.4 is 11.1 Å². The summed E-state index contributed by atoms with van der Waals surface area (Å²) >= 11 is 0. The van der Waals surface area contributed by atoms with E-state index < -0.39 is 58.8 Å². The minimum atomic E-state index is -2.13. The van der Waals surface area contributed by atoms with Crippen LogP contribution in [0.4, 0.5) is 5.82 Å². The zero-order valence-corrected chi connectivity index (χ0v) is 29.6. The van der Waals surface area contributed by atoms with Gasteiger partial charge in [-0.25, -0.2) is 9.50 Å². The highest BCUT2D eigenvalue weighted by Crippen LogP contribution is 2.42. The molecule has 3 heterocycles. The number of aromatic nitrogens is 3. The Morgan fingerprint density at radius 2 is 1.88 bits per heavy atom. The lowest BCUT2D eigenvalue weighted by Crippen LogP contribution is -2.49. The van der Waals surface area contributed by atoms with Crippen molar-refractivity contribution in [3.05, 3.63) is 24.2 Å². The number of ether oxygens (including phenoxy) is 4. The van der Waals surface area contributed by atoms with E-state index in [1.165, 1.54) is 16.9 Å². The Hall–Kier alpha value is -3.64. The van der Waals surface area contributed by atoms with Crippen molar-refractivity contribution in [3.63, 3.8) is 0 Å². The first-order valence-corrected chi connectivity index (χ1v) is 17.3. The quantitative estimate of drug-likeness (QED) is 0.156. The SMILES string of the molecule is CCCCOC(C)(C)C(=O)Nc1ncnn2c([C@]3(C#N)O[C@H](COC(=O)CC4CCCCCC4)[C@@H](OC(=O)[C@H](N)C(C)(C)C)[C@H]3O)ccc12. The number of rotatable bonds is 13. The Labute approximate surface area is 288 Å². The van der Waals surface area contributed by atoms with Crippen LogP contribution in [0.2, 0.25) is 0 Å². The summed E-state index contributed by atoms with van der Waals surface area (Å²) in [5, 5.41) is 29.5. The van der Waals surface area contributed by atoms with E-state index in [0.717, 1.165) is 51.4 Å². The number of amides is 1. The van der Waals surface area contributed by atoms with Gasteiger partial charge in [-0.2, -0.15) is 10.4 Å². The van der Waals surface area contributed by atoms with Crippen LogP contribution in [0.5, 0.6) is 0 Å². The summed E-state index contributed by atoms with van der Waals surface area (Å²) in [6.07, 6.45) is 5.11. The number of anilines is 1. The van der Waals surface area contributed by atoms with Crippen LogP contribution in [0, 0.1) is 22.7 Å². The molecule has 5 atom stereocenters. The minimum Gasteiger partial charge on any atom is -0.463 e. The molecule has 14 heteroatoms. The molecule has 1 aliphatic carbocycles. The van der Waals surface area contributed by atoms with Crippen molar-refractivity contribution in [1.82, 2.24) is 14.6 Å². The maximum absolute atomic E-state index is 13.2. The first-order chi connectivity index (χ1) is 23.1. The van der Waals surface area contributed by atoms with Gasteiger partial charge in [0.25, 0.3) is 5.91 Å². The zero-order valence-electron chi connectivity index (χ0n) is 29.6. The molecule has 4 rings (SSSR count). The maximum atomic E-state index is 13.2. The van der Waals surface area contributed by atoms with E-state index in [2.05, 4.69) is 21.5 Å². The molecule has 270 valence electrons. The van der Waals surface area contributed by atoms with Crippen LogP contribution in [0.15, 0.2) is 18.5 Å². The number of hydrogen-bond donors (Lipinski definition) is 3. The summed E-state index contributed by atoms with van der Waals surface area (Å²) in [4.78, 5) is 43.5. The number of carbonyl (C=O) groups excluding carboxylic acids is 3. The standard InChI is InChI=1S/C35H52N6O8/c1-7-8-17-47-34(5,6)32(45)40-30-23-15-16-25(41(23)39-21-38-30)35(20-36)29(43)27(48-31(44)28(37)33(2,3)4)24(49-35)19-46-26(42)18-22-13-11-9-10-12-14-22/h15-16,21-22,24,27-29,43H,7-14,17-19,37H2,1-6H3,(H,38,39,40,45)/t24-,27-,28+,29-,35+/m1/s1. The third kappa shape index (κ3) is 8.75. The van der Waals surface area contributed by atoms with Crippen LogP contribution in [0.25, 0.3) is 5.52 Å². The predicted molar refractivity (Wildman–Crippen MR) is 179 cm³/mol. The summed E-state index contributed by atoms with van der Waals surface area (Å²) in [5.74, 6) is -1.32. The number of aliphatic hydroxyl groups is 1. The van der Waals surface area contributed by atoms with Crippen LogP contribution in [-0.2, 0) is 38.9 Å². The van der Waals surface area contributed by atoms with Crippen molar-refractivity contribution in [2.45, 2.75) is 135 Å². The average Bonchev–Trinajstić information content (AvgIpc) is 3.48. The second kappa shape index (κ2) is 15.9. The number of esters is 2. The smallest absolute Gasteiger partial charge is 0.323 e. The van der Waals surface area contributed by atoms with Crippen LogP contribution in [0.1, 0.15) is 105 Å². The molecule has 0 spiro atoms. The second-order valence-electron chi connectivity index (χ2n) is 14.7. The summed E-state index contributed by atoms with van der Waals surface area (Å²) in [6.45, 7) is 10.7. The van der Waals surface area contributed by atoms with Gasteiger partial charge in [0, 0.05) is 13.0 Å². The summed E-state index contributed by atoms with van der Waals surface area (Å²) in [5.41, 5.74) is 2.63. The minimum absolute atomic E-state index is 0.0855. The lowest BCUT2D eigenvalue weighted by atomic mass is 9.87. The summed E-state index contributed by atoms with van der Waals surface area (Å²) < 4.78 is 24.7. The van der Waals surface area contributed by atoms with Crippen LogP contribution in [-0.4, -0.2) is 80.7 Å². The van der Waals surface area contributed by atoms with Crippen molar-refractivity contribution in [1.29, 1.82) is 5.26 Å². The Kier molecular flexibility index (Phi) is 12.4. The number of hydrogen-bond acceptors (Lipinski definition) is 12. The molecule has 1 amide bonds. The van der Waals surface area contributed by atoms with Gasteiger partial charge in [-0.05, 0) is 56.6 Å². The highest BCUT2D eigenvalue weighted by Gasteiger charge is 2.60. The molecule has 2 aromatic heterocycles. The monoisotopic (exact) mass is 684 g/mol. The van der Waals surface area contributed by atoms with E-state index in [1.807, 2.05) is 6.92 Å². The van der Waals surface area contributed by atoms with Gasteiger partial charge in [-0.3, -0.25) is 14.4 Å². The zero-order chi connectivity index (χ0) is 36.0. The molecule has 0 radical (unpaired) electrons. The molecule has 49 heavy (non-hydrogen) atoms. The van der Waals surface area contributed by atoms with Crippen molar-refractivity contribution in [2.24, 2.45) is 17.1 Å². The third-order valence-electron chi connectivity index (χ3n) is 9.45. The molecule has 4 N–H and O–H groups in total. The molecular formula is C35H52N6O8. The molecule has 2 aliphatic rings. The Bertz CT molecular complexity index is 1510. The lowest BCUT2D eigenvalue weighted by molar-refractivity contribution is -0.163. The largest absolute Gasteiger partial charge is 0.463 e. The van der Waals surface area contributed by atoms with Gasteiger partial charge < -0.3 is 35.1 Å². The number of nitriles is 1. The summed E-state index contributed by atoms with van der Waals surface area (Å²) in [6, 6.07) is 4.09. The normalized spacial score (nSPS) is 24.2. The van der Waals surface area contributed by atoms with E-state index in [0.29, 0.717) is 12.1 Å². The highest BCUT2D eigenvalue weighted by molar-refractivity contribution is 5.98. The molecule has 2 aromatic rings. The van der Waals surface area contributed by atoms with Gasteiger partial charge in [0.1, 0.15) is 48.4 Å². The fourth-order valence-electron chi connectivity index (χ4n) is 6.15. The average molecular weight is 685 g/mol. The van der Waals surface area contributed by atoms with Gasteiger partial charge in [-0.1, -0.05) is 59.8 Å². The molecule has 1 saturated carbocycles. The number of aliphatic hydroxyl groups excluding tert-OH is 1. The molecule has 1 aliphatic heterocycles. The van der Waals surface area contributed by atoms with Gasteiger partial charge in [0.2, 0.25) is 5.60 Å². The van der Waals surface area contributed by atoms with E-state index in [4.69, 9.17) is 24.7 Å². The topological polar surface area (TPSA) is 200 Å². The van der Waals surface area contributed by atoms with E-state index >= 15 is 0 Å². The number of nitrogens with one attached hydrogen (secondary N) is 1. The number of fused-ring (bicyclic) bond motifs is 1. The van der Waals surface area contributed by atoms with Gasteiger partial charge >= 0.3 is 11.9 Å². The predicted octanol–water partition coefficient (Wildman–Crippen LogP) is 3.93. The third-order valence-corrected chi connectivity index (χ3v) is 9.45. The van der Waals surface area contributed by atoms with Gasteiger partial charge in [0.15, 0.2) is 11.9 Å². The fraction of sp³-hybridized carbons (Fsp3) is 0.714. The van der Waals surface area contributed by atoms with Crippen LogP contribution >= 0.6 is 0 Å². The highest BCUT2D eigenvalue weighted by atomic mass is 16.6. The molecule has 14 nitrogen and oxygen atoms in total. The number of nitrogens with zero attached hydrogens (tertiary/aromatic N) is 4. The molecule has 0 bridgehead atoms. The summed E-state index contributed by atoms with van der Waals surface area (Å²) in [7, 11) is 0. The van der Waals surface area contributed by atoms with Crippen molar-refractivity contribution >= 4 is 29.2 Å². The first-order valence-electron chi connectivity index (χ1n) is 17.3. The Balaban J connectivity index is 1.62. The van der Waals surface area contributed by atoms with E-state index in [-0.39, 0.29) is 30.5 Å². The molecule has 2 fully saturated rings. The Morgan fingerprint density at radius 1 is 1.18 bits per heavy atom. The lowest BCUT2D eigenvalue weighted by Gasteiger charge is -2.29. The van der Waals surface area contributed by atoms with Crippen molar-refractivity contribution in [2.75, 3.05) is 18.5 Å². The second-order valence-corrected chi connectivity index (χ2v) is 14.7. The Morgan fingerprint density at radius 3 is 2.51 bits per heavy atom. The number of carbonyl (C=O) groups is 3. The van der Waals surface area contributed by atoms with E-state index in [9.17, 15) is 24.8 Å². The van der Waals surface area contributed by atoms with Crippen molar-refractivity contribution in [3.8, 4) is 6.07 Å². The fourth-order valence-corrected chi connectivity index (χ4v) is 6.15. The number of unbranched alkanes of at least 4 members (excludes halogenated alkanes) is 1. The van der Waals surface area contributed by atoms with Crippen molar-refractivity contribution < 1.29 is 38.4 Å². The van der Waals surface area contributed by atoms with E-state index in [1.54, 1.807) is 40.7 Å². The molecule has 0 unspecified atom stereocenters. The molecular weight excluding hydrogens is 632 g/mol. The van der Waals surface area contributed by atoms with Gasteiger partial charge in [-0.15, -0.1) is 0 Å². The van der Waals surface area contributed by atoms with Gasteiger partial charge in [0.05, 0.1) is 5.69 Å². The maximum Gasteiger partial charge on any atom is 0.323 e. The first kappa shape index (κ1) is 38.2. The number of nitrogens with two attached hydrogens (primary N) is 1. The molecule has 1 saturated heterocycles.